The first-order valence-electron chi connectivity index (χ1n) is 17.6. The molecular weight excluding hydrogens is 952 g/mol. The molecule has 12 nitrogen and oxygen atoms in total. The second kappa shape index (κ2) is 41.5. The average Bonchev–Trinajstić information content (AvgIpc) is 3.23. The number of aliphatic hydroxyl groups excluding tert-OH is 7. The number of benzene rings is 3. The summed E-state index contributed by atoms with van der Waals surface area (Å²) in [5, 5.41) is 76.4. The second-order valence-electron chi connectivity index (χ2n) is 11.2. The summed E-state index contributed by atoms with van der Waals surface area (Å²) in [4.78, 5) is 8.06. The fraction of sp³-hybridized carbons (Fsp3) is 0.526. The highest BCUT2D eigenvalue weighted by Gasteiger charge is 2.33. The number of hydrogen-bond donors (Lipinski definition) is 8. The number of aliphatic hydroxyl groups is 8. The zero-order valence-electron chi connectivity index (χ0n) is 32.6. The lowest BCUT2D eigenvalue weighted by molar-refractivity contribution is -0.482. The SMILES string of the molecule is COCCO.O=[N+]([O-])CCO.OC(c1ccccc1)(c1ccccc1)c1ccccc1.OC1CCCCC1Cl.OCC(Cl)(Cl)Cl.OCC(Cl)Cl.OCC(F)(F)F.OCCCl. The Bertz CT molecular complexity index is 1240. The van der Waals surface area contributed by atoms with Crippen LogP contribution in [0, 0.1) is 10.1 Å². The number of nitrogens with zero attached hydrogens (tertiary/aromatic N) is 1. The molecule has 0 saturated heterocycles. The Hall–Kier alpha value is -1.48. The maximum Gasteiger partial charge on any atom is 0.411 e. The van der Waals surface area contributed by atoms with Gasteiger partial charge in [0.05, 0.1) is 44.5 Å². The number of alkyl halides is 10. The van der Waals surface area contributed by atoms with Crippen molar-refractivity contribution in [3.8, 4) is 0 Å². The van der Waals surface area contributed by atoms with Gasteiger partial charge >= 0.3 is 6.18 Å². The van der Waals surface area contributed by atoms with Gasteiger partial charge in [-0.1, -0.05) is 139 Å². The van der Waals surface area contributed by atoms with Gasteiger partial charge in [-0.3, -0.25) is 10.1 Å². The summed E-state index contributed by atoms with van der Waals surface area (Å²) in [6, 6.07) is 29.3. The molecule has 60 heavy (non-hydrogen) atoms. The lowest BCUT2D eigenvalue weighted by Gasteiger charge is -2.30. The van der Waals surface area contributed by atoms with Crippen molar-refractivity contribution in [3.63, 3.8) is 0 Å². The molecule has 0 radical (unpaired) electrons. The van der Waals surface area contributed by atoms with Crippen molar-refractivity contribution in [1.29, 1.82) is 0 Å². The van der Waals surface area contributed by atoms with Gasteiger partial charge in [-0.25, -0.2) is 0 Å². The topological polar surface area (TPSA) is 214 Å². The maximum atomic E-state index is 11.4. The molecule has 0 heterocycles. The lowest BCUT2D eigenvalue weighted by Crippen LogP contribution is -2.28. The zero-order valence-corrected chi connectivity index (χ0v) is 37.9. The number of halogens is 10. The minimum atomic E-state index is -4.40. The predicted molar refractivity (Wildman–Crippen MR) is 234 cm³/mol. The molecule has 1 saturated carbocycles. The molecule has 0 aliphatic heterocycles. The third-order valence-corrected chi connectivity index (χ3v) is 7.69. The van der Waals surface area contributed by atoms with Crippen molar-refractivity contribution in [2.24, 2.45) is 0 Å². The molecule has 1 fully saturated rings. The monoisotopic (exact) mass is 1000 g/mol. The molecule has 3 aromatic carbocycles. The summed E-state index contributed by atoms with van der Waals surface area (Å²) in [6.07, 6.45) is -0.419. The molecule has 0 amide bonds. The van der Waals surface area contributed by atoms with Crippen molar-refractivity contribution in [1.82, 2.24) is 0 Å². The molecule has 2 unspecified atom stereocenters. The Balaban J connectivity index is -0.000000331. The van der Waals surface area contributed by atoms with Crippen LogP contribution in [0.25, 0.3) is 0 Å². The van der Waals surface area contributed by atoms with E-state index in [0.717, 1.165) is 36.0 Å². The van der Waals surface area contributed by atoms with E-state index in [9.17, 15) is 28.4 Å². The third kappa shape index (κ3) is 40.6. The van der Waals surface area contributed by atoms with Gasteiger partial charge in [-0.2, -0.15) is 13.2 Å². The number of rotatable bonds is 9. The number of nitro groups is 1. The molecule has 0 aromatic heterocycles. The Morgan fingerprint density at radius 2 is 1.08 bits per heavy atom. The van der Waals surface area contributed by atoms with E-state index in [1.807, 2.05) is 91.0 Å². The van der Waals surface area contributed by atoms with E-state index in [-0.39, 0.29) is 44.5 Å². The van der Waals surface area contributed by atoms with E-state index in [1.54, 1.807) is 7.11 Å². The molecule has 3 aromatic rings. The Kier molecular flexibility index (Phi) is 45.1. The maximum absolute atomic E-state index is 11.4. The Morgan fingerprint density at radius 3 is 1.22 bits per heavy atom. The molecule has 4 rings (SSSR count). The molecule has 1 aliphatic carbocycles. The van der Waals surface area contributed by atoms with E-state index < -0.39 is 38.5 Å². The molecule has 348 valence electrons. The smallest absolute Gasteiger partial charge is 0.395 e. The predicted octanol–water partition coefficient (Wildman–Crippen LogP) is 7.27. The quantitative estimate of drug-likeness (QED) is 0.0462. The molecule has 22 heteroatoms. The Morgan fingerprint density at radius 1 is 0.750 bits per heavy atom. The number of hydrogen-bond acceptors (Lipinski definition) is 11. The molecule has 0 bridgehead atoms. The van der Waals surface area contributed by atoms with Gasteiger partial charge in [0.25, 0.3) is 0 Å². The van der Waals surface area contributed by atoms with Crippen LogP contribution in [0.1, 0.15) is 42.4 Å². The van der Waals surface area contributed by atoms with E-state index in [0.29, 0.717) is 12.5 Å². The van der Waals surface area contributed by atoms with Crippen LogP contribution < -0.4 is 0 Å². The molecule has 8 N–H and O–H groups in total. The highest BCUT2D eigenvalue weighted by atomic mass is 35.6. The van der Waals surface area contributed by atoms with Gasteiger partial charge in [0.15, 0.2) is 0 Å². The number of ether oxygens (including phenoxy) is 1. The first kappa shape index (κ1) is 65.1. The van der Waals surface area contributed by atoms with Gasteiger partial charge in [-0.15, -0.1) is 46.4 Å². The van der Waals surface area contributed by atoms with Crippen LogP contribution in [0.3, 0.4) is 0 Å². The summed E-state index contributed by atoms with van der Waals surface area (Å²) in [7, 11) is 1.55. The molecular formula is C38H55Cl7F3NO11. The third-order valence-electron chi connectivity index (χ3n) is 6.38. The van der Waals surface area contributed by atoms with Gasteiger partial charge in [0, 0.05) is 17.9 Å². The largest absolute Gasteiger partial charge is 0.411 e. The lowest BCUT2D eigenvalue weighted by atomic mass is 9.80. The zero-order chi connectivity index (χ0) is 47.0. The summed E-state index contributed by atoms with van der Waals surface area (Å²) in [5.41, 5.74) is 1.50. The van der Waals surface area contributed by atoms with Crippen LogP contribution in [0.4, 0.5) is 13.2 Å². The first-order chi connectivity index (χ1) is 28.1. The minimum Gasteiger partial charge on any atom is -0.395 e. The molecule has 1 aliphatic rings. The van der Waals surface area contributed by atoms with Gasteiger partial charge in [-0.05, 0) is 29.5 Å². The van der Waals surface area contributed by atoms with Crippen LogP contribution in [0.5, 0.6) is 0 Å². The van der Waals surface area contributed by atoms with Crippen molar-refractivity contribution in [2.45, 2.75) is 57.6 Å². The number of methoxy groups -OCH3 is 1. The van der Waals surface area contributed by atoms with Crippen LogP contribution in [0.15, 0.2) is 91.0 Å². The fourth-order valence-corrected chi connectivity index (χ4v) is 4.06. The van der Waals surface area contributed by atoms with Crippen LogP contribution in [0.2, 0.25) is 0 Å². The molecule has 2 atom stereocenters. The van der Waals surface area contributed by atoms with Crippen molar-refractivity contribution >= 4 is 81.2 Å². The highest BCUT2D eigenvalue weighted by molar-refractivity contribution is 6.67. The highest BCUT2D eigenvalue weighted by Crippen LogP contribution is 2.36. The normalized spacial score (nSPS) is 14.3. The van der Waals surface area contributed by atoms with Gasteiger partial charge in [0.1, 0.15) is 23.7 Å². The van der Waals surface area contributed by atoms with E-state index in [4.69, 9.17) is 117 Å². The van der Waals surface area contributed by atoms with Gasteiger partial charge in [0.2, 0.25) is 10.3 Å². The summed E-state index contributed by atoms with van der Waals surface area (Å²) in [5.74, 6) is 0.347. The van der Waals surface area contributed by atoms with E-state index >= 15 is 0 Å². The molecule has 0 spiro atoms. The second-order valence-corrected chi connectivity index (χ2v) is 15.9. The van der Waals surface area contributed by atoms with Crippen LogP contribution in [-0.4, -0.2) is 138 Å². The summed E-state index contributed by atoms with van der Waals surface area (Å²) < 4.78 is 34.6. The van der Waals surface area contributed by atoms with Crippen molar-refractivity contribution in [3.05, 3.63) is 118 Å². The minimum absolute atomic E-state index is 0.0312. The van der Waals surface area contributed by atoms with E-state index in [2.05, 4.69) is 4.74 Å². The van der Waals surface area contributed by atoms with Gasteiger partial charge < -0.3 is 45.6 Å². The van der Waals surface area contributed by atoms with Crippen molar-refractivity contribution < 1.29 is 63.7 Å². The average molecular weight is 1010 g/mol. The van der Waals surface area contributed by atoms with Crippen LogP contribution >= 0.6 is 81.2 Å². The van der Waals surface area contributed by atoms with Crippen molar-refractivity contribution in [2.75, 3.05) is 65.8 Å². The Labute approximate surface area is 384 Å². The first-order valence-corrected chi connectivity index (χ1v) is 20.5. The van der Waals surface area contributed by atoms with E-state index in [1.165, 1.54) is 6.42 Å². The van der Waals surface area contributed by atoms with Crippen LogP contribution in [-0.2, 0) is 10.3 Å². The summed E-state index contributed by atoms with van der Waals surface area (Å²) in [6.45, 7) is -2.39. The fourth-order valence-electron chi connectivity index (χ4n) is 3.78. The summed E-state index contributed by atoms with van der Waals surface area (Å²) >= 11 is 35.6. The standard InChI is InChI=1S/C19H16O.C6H11ClO.C3H8O2.C2H3Cl3O.C2H4Cl2O.C2H5ClO.C2H3F3O.C2H5NO3/c20-19(16-10-4-1-5-11-16,17-12-6-2-7-13-17)18-14-8-3-9-15-18;7-5-3-1-2-4-6(5)8;1-5-3-2-4;3-2(4,5)1-6;3-2(4)1-5;3-1-2-4;3-2(4,5)1-6;4-2-1-3(5)6/h1-15,20H;5-6,8H,1-4H2;4H,2-3H2,1H3;6H,1H2;2,5H,1H2;4H,1-2H2;6H,1H2;4H,1-2H2.